The van der Waals surface area contributed by atoms with Gasteiger partial charge in [0.25, 0.3) is 0 Å². The van der Waals surface area contributed by atoms with E-state index in [2.05, 4.69) is 0 Å². The first-order valence-electron chi connectivity index (χ1n) is 2.70. The molecule has 0 aliphatic carbocycles. The minimum Gasteiger partial charge on any atom is -0.217 e. The summed E-state index contributed by atoms with van der Waals surface area (Å²) in [4.78, 5) is -1.44. The molecule has 0 radical (unpaired) electrons. The van der Waals surface area contributed by atoms with Gasteiger partial charge >= 0.3 is 0 Å². The lowest BCUT2D eigenvalue weighted by Crippen LogP contribution is -2.03. The summed E-state index contributed by atoms with van der Waals surface area (Å²) in [5.41, 5.74) is 1.15. The summed E-state index contributed by atoms with van der Waals surface area (Å²) in [5.74, 6) is 0. The van der Waals surface area contributed by atoms with E-state index in [1.165, 1.54) is 12.1 Å². The molecule has 0 amide bonds. The second kappa shape index (κ2) is 4.88. The fourth-order valence-electron chi connectivity index (χ4n) is 0.405. The normalized spacial score (nSPS) is 13.2. The molecule has 13 heavy (non-hydrogen) atoms. The fraction of sp³-hybridized carbons (Fsp3) is 0. The molecule has 0 N–H and O–H groups in total. The summed E-state index contributed by atoms with van der Waals surface area (Å²) in [7, 11) is -4.13. The van der Waals surface area contributed by atoms with Crippen LogP contribution in [-0.4, -0.2) is 8.42 Å². The minimum atomic E-state index is -4.13. The van der Waals surface area contributed by atoms with Crippen molar-refractivity contribution in [2.75, 3.05) is 0 Å². The van der Waals surface area contributed by atoms with Gasteiger partial charge in [0.2, 0.25) is 9.84 Å². The Bertz CT molecular complexity index is 400. The van der Waals surface area contributed by atoms with Crippen LogP contribution in [0.5, 0.6) is 0 Å². The van der Waals surface area contributed by atoms with Crippen LogP contribution in [0.15, 0.2) is 20.9 Å². The largest absolute Gasteiger partial charge is 0.228 e. The minimum absolute atomic E-state index is 0.576. The van der Waals surface area contributed by atoms with Crippen molar-refractivity contribution in [1.82, 2.24) is 0 Å². The van der Waals surface area contributed by atoms with Gasteiger partial charge in [-0.15, -0.1) is 0 Å². The molecule has 7 heteroatoms. The molecule has 0 spiro atoms. The van der Waals surface area contributed by atoms with E-state index in [1.54, 1.807) is 0 Å². The molecule has 0 heterocycles. The summed E-state index contributed by atoms with van der Waals surface area (Å²) in [6.07, 6.45) is 0. The molecule has 0 unspecified atom stereocenters. The summed E-state index contributed by atoms with van der Waals surface area (Å²) < 4.78 is 22.4. The molecule has 0 aromatic rings. The van der Waals surface area contributed by atoms with Gasteiger partial charge in [0, 0.05) is 11.1 Å². The molecule has 0 aromatic carbocycles. The van der Waals surface area contributed by atoms with Crippen LogP contribution < -0.4 is 0 Å². The quantitative estimate of drug-likeness (QED) is 0.683. The lowest BCUT2D eigenvalue weighted by Gasteiger charge is -1.96. The third-order valence-electron chi connectivity index (χ3n) is 0.998. The van der Waals surface area contributed by atoms with Crippen molar-refractivity contribution < 1.29 is 8.42 Å². The third-order valence-corrected chi connectivity index (χ3v) is 3.27. The van der Waals surface area contributed by atoms with Crippen molar-refractivity contribution >= 4 is 33.0 Å². The Morgan fingerprint density at radius 3 is 1.54 bits per heavy atom. The van der Waals surface area contributed by atoms with E-state index >= 15 is 0 Å². The molecule has 0 aliphatic rings. The van der Waals surface area contributed by atoms with Gasteiger partial charge in [-0.2, -0.15) is 10.5 Å². The van der Waals surface area contributed by atoms with Crippen LogP contribution in [0.25, 0.3) is 0 Å². The lowest BCUT2D eigenvalue weighted by molar-refractivity contribution is 0.610. The van der Waals surface area contributed by atoms with E-state index in [0.29, 0.717) is 11.1 Å². The molecule has 0 saturated carbocycles. The van der Waals surface area contributed by atoms with Gasteiger partial charge in [0.1, 0.15) is 12.1 Å². The maximum Gasteiger partial charge on any atom is 0.228 e. The number of allylic oxidation sites excluding steroid dienone is 2. The molecule has 0 fully saturated rings. The van der Waals surface area contributed by atoms with E-state index in [-0.39, 0.29) is 0 Å². The highest BCUT2D eigenvalue weighted by Gasteiger charge is 2.22. The van der Waals surface area contributed by atoms with Gasteiger partial charge in [0.15, 0.2) is 9.81 Å². The molecule has 0 rings (SSSR count). The Morgan fingerprint density at radius 2 is 1.38 bits per heavy atom. The molecule has 68 valence electrons. The number of nitrogens with zero attached hydrogens (tertiary/aromatic N) is 2. The van der Waals surface area contributed by atoms with Crippen LogP contribution in [0.2, 0.25) is 0 Å². The third kappa shape index (κ3) is 2.46. The van der Waals surface area contributed by atoms with E-state index in [0.717, 1.165) is 0 Å². The van der Waals surface area contributed by atoms with E-state index in [9.17, 15) is 8.42 Å². The zero-order valence-corrected chi connectivity index (χ0v) is 8.36. The number of hydrogen-bond acceptors (Lipinski definition) is 4. The van der Waals surface area contributed by atoms with Crippen LogP contribution in [-0.2, 0) is 9.84 Å². The zero-order chi connectivity index (χ0) is 10.5. The molecule has 0 bridgehead atoms. The first kappa shape index (κ1) is 12.0. The van der Waals surface area contributed by atoms with Gasteiger partial charge < -0.3 is 0 Å². The Hall–Kier alpha value is -1.01. The highest BCUT2D eigenvalue weighted by Crippen LogP contribution is 2.17. The van der Waals surface area contributed by atoms with Crippen LogP contribution >= 0.6 is 23.2 Å². The summed E-state index contributed by atoms with van der Waals surface area (Å²) >= 11 is 10.1. The van der Waals surface area contributed by atoms with E-state index < -0.39 is 19.6 Å². The van der Waals surface area contributed by atoms with Crippen molar-refractivity contribution in [2.45, 2.75) is 0 Å². The van der Waals surface area contributed by atoms with E-state index in [4.69, 9.17) is 33.7 Å². The predicted molar refractivity (Wildman–Crippen MR) is 48.0 cm³/mol. The van der Waals surface area contributed by atoms with Gasteiger partial charge in [-0.25, -0.2) is 8.42 Å². The first-order chi connectivity index (χ1) is 6.04. The van der Waals surface area contributed by atoms with Gasteiger partial charge in [-0.05, 0) is 0 Å². The molecule has 0 saturated heterocycles. The maximum absolute atomic E-state index is 11.2. The summed E-state index contributed by atoms with van der Waals surface area (Å²) in [6.45, 7) is 0. The standard InChI is InChI=1S/C6H2Cl2N2O2S/c7-1-5(3-9)13(11,12)6(2-8)4-10/h1-2H. The van der Waals surface area contributed by atoms with Crippen molar-refractivity contribution in [2.24, 2.45) is 0 Å². The van der Waals surface area contributed by atoms with Gasteiger partial charge in [0.05, 0.1) is 0 Å². The predicted octanol–water partition coefficient (Wildman–Crippen LogP) is 1.61. The number of rotatable bonds is 2. The van der Waals surface area contributed by atoms with Crippen LogP contribution in [0.1, 0.15) is 0 Å². The van der Waals surface area contributed by atoms with E-state index in [1.807, 2.05) is 0 Å². The number of sulfone groups is 1. The van der Waals surface area contributed by atoms with Crippen molar-refractivity contribution in [3.63, 3.8) is 0 Å². The van der Waals surface area contributed by atoms with Gasteiger partial charge in [-0.3, -0.25) is 0 Å². The highest BCUT2D eigenvalue weighted by atomic mass is 35.5. The average molecular weight is 237 g/mol. The van der Waals surface area contributed by atoms with Gasteiger partial charge in [-0.1, -0.05) is 23.2 Å². The number of hydrogen-bond donors (Lipinski definition) is 0. The molecular formula is C6H2Cl2N2O2S. The molecule has 4 nitrogen and oxygen atoms in total. The molecule has 0 aliphatic heterocycles. The van der Waals surface area contributed by atoms with Crippen LogP contribution in [0.3, 0.4) is 0 Å². The van der Waals surface area contributed by atoms with Crippen LogP contribution in [0, 0.1) is 22.7 Å². The maximum atomic E-state index is 11.2. The first-order valence-corrected chi connectivity index (χ1v) is 5.06. The lowest BCUT2D eigenvalue weighted by atomic mass is 10.7. The Labute approximate surface area is 85.2 Å². The summed E-state index contributed by atoms with van der Waals surface area (Å²) in [6, 6.07) is 2.66. The Kier molecular flexibility index (Phi) is 4.50. The van der Waals surface area contributed by atoms with Crippen LogP contribution in [0.4, 0.5) is 0 Å². The van der Waals surface area contributed by atoms with Crippen molar-refractivity contribution in [3.8, 4) is 12.1 Å². The Balaban J connectivity index is 5.54. The number of halogens is 2. The fourth-order valence-corrected chi connectivity index (χ4v) is 1.92. The second-order valence-corrected chi connectivity index (χ2v) is 4.00. The van der Waals surface area contributed by atoms with Crippen molar-refractivity contribution in [3.05, 3.63) is 20.9 Å². The van der Waals surface area contributed by atoms with Crippen molar-refractivity contribution in [1.29, 1.82) is 10.5 Å². The highest BCUT2D eigenvalue weighted by molar-refractivity contribution is 7.99. The second-order valence-electron chi connectivity index (χ2n) is 1.67. The molecule has 0 atom stereocenters. The molecule has 0 aromatic heterocycles. The summed E-state index contributed by atoms with van der Waals surface area (Å²) in [5, 5.41) is 16.7. The number of nitriles is 2. The average Bonchev–Trinajstić information content (AvgIpc) is 2.07. The molecular weight excluding hydrogens is 235 g/mol. The monoisotopic (exact) mass is 236 g/mol. The zero-order valence-electron chi connectivity index (χ0n) is 6.03. The Morgan fingerprint density at radius 1 is 1.08 bits per heavy atom. The topological polar surface area (TPSA) is 81.7 Å². The smallest absolute Gasteiger partial charge is 0.217 e. The SMILES string of the molecule is N#CC(=CCl)S(=O)(=O)C(C#N)=CCl.